The Bertz CT molecular complexity index is 1460. The third-order valence-electron chi connectivity index (χ3n) is 5.96. The largest absolute Gasteiger partial charge is 0.449 e. The molecule has 6 heteroatoms. The predicted molar refractivity (Wildman–Crippen MR) is 139 cm³/mol. The predicted octanol–water partition coefficient (Wildman–Crippen LogP) is 6.98. The molecule has 0 fully saturated rings. The summed E-state index contributed by atoms with van der Waals surface area (Å²) >= 11 is 0. The van der Waals surface area contributed by atoms with Gasteiger partial charge in [-0.15, -0.1) is 0 Å². The van der Waals surface area contributed by atoms with Crippen LogP contribution in [0.5, 0.6) is 0 Å². The second kappa shape index (κ2) is 10.3. The summed E-state index contributed by atoms with van der Waals surface area (Å²) in [6.07, 6.45) is 0.173. The molecule has 2 N–H and O–H groups in total. The molecule has 0 spiro atoms. The number of hydrogen-bond donors (Lipinski definition) is 2. The van der Waals surface area contributed by atoms with Crippen LogP contribution in [0.2, 0.25) is 0 Å². The summed E-state index contributed by atoms with van der Waals surface area (Å²) < 4.78 is 19.1. The number of benzene rings is 4. The van der Waals surface area contributed by atoms with Crippen molar-refractivity contribution >= 4 is 34.2 Å². The Hall–Kier alpha value is -4.71. The van der Waals surface area contributed by atoms with Crippen molar-refractivity contribution in [3.8, 4) is 0 Å². The Morgan fingerprint density at radius 3 is 1.94 bits per heavy atom. The third kappa shape index (κ3) is 5.03. The lowest BCUT2D eigenvalue weighted by atomic mass is 9.88. The zero-order chi connectivity index (χ0) is 24.9. The van der Waals surface area contributed by atoms with Crippen molar-refractivity contribution in [3.63, 3.8) is 0 Å². The minimum absolute atomic E-state index is 0.0233. The highest BCUT2D eigenvalue weighted by atomic mass is 19.1. The smallest absolute Gasteiger partial charge is 0.293 e. The maximum atomic E-state index is 13.4. The minimum Gasteiger partial charge on any atom is -0.449 e. The van der Waals surface area contributed by atoms with E-state index in [4.69, 9.17) is 4.42 Å². The van der Waals surface area contributed by atoms with E-state index in [-0.39, 0.29) is 24.0 Å². The molecule has 5 nitrogen and oxygen atoms in total. The van der Waals surface area contributed by atoms with Gasteiger partial charge in [0.05, 0.1) is 0 Å². The summed E-state index contributed by atoms with van der Waals surface area (Å²) in [5.74, 6) is -1.39. The number of fused-ring (bicyclic) bond motifs is 1. The van der Waals surface area contributed by atoms with Gasteiger partial charge in [0, 0.05) is 23.4 Å². The van der Waals surface area contributed by atoms with Gasteiger partial charge in [-0.1, -0.05) is 72.8 Å². The van der Waals surface area contributed by atoms with Gasteiger partial charge in [-0.3, -0.25) is 9.59 Å². The Labute approximate surface area is 207 Å². The van der Waals surface area contributed by atoms with Crippen molar-refractivity contribution in [2.75, 3.05) is 10.6 Å². The first-order valence-corrected chi connectivity index (χ1v) is 11.6. The van der Waals surface area contributed by atoms with Crippen LogP contribution in [0.15, 0.2) is 114 Å². The molecular formula is C30H23FN2O3. The number of hydrogen-bond acceptors (Lipinski definition) is 3. The van der Waals surface area contributed by atoms with Gasteiger partial charge >= 0.3 is 0 Å². The number of carbonyl (C=O) groups is 2. The van der Waals surface area contributed by atoms with Crippen LogP contribution < -0.4 is 10.6 Å². The average Bonchev–Trinajstić information content (AvgIpc) is 3.28. The Kier molecular flexibility index (Phi) is 6.58. The molecule has 1 aromatic heterocycles. The lowest BCUT2D eigenvalue weighted by Crippen LogP contribution is -2.19. The van der Waals surface area contributed by atoms with E-state index >= 15 is 0 Å². The van der Waals surface area contributed by atoms with Gasteiger partial charge < -0.3 is 15.1 Å². The molecule has 5 rings (SSSR count). The van der Waals surface area contributed by atoms with E-state index in [1.165, 1.54) is 24.3 Å². The molecule has 0 aliphatic heterocycles. The number of furan rings is 1. The molecule has 0 unspecified atom stereocenters. The van der Waals surface area contributed by atoms with Crippen LogP contribution in [0.25, 0.3) is 11.0 Å². The van der Waals surface area contributed by atoms with Gasteiger partial charge in [0.15, 0.2) is 0 Å². The number of amides is 2. The Morgan fingerprint density at radius 2 is 1.31 bits per heavy atom. The highest BCUT2D eigenvalue weighted by Crippen LogP contribution is 2.33. The molecule has 178 valence electrons. The monoisotopic (exact) mass is 478 g/mol. The third-order valence-corrected chi connectivity index (χ3v) is 5.96. The number of rotatable bonds is 7. The van der Waals surface area contributed by atoms with Gasteiger partial charge in [-0.2, -0.15) is 0 Å². The summed E-state index contributed by atoms with van der Waals surface area (Å²) in [7, 11) is 0. The summed E-state index contributed by atoms with van der Waals surface area (Å²) in [4.78, 5) is 26.4. The van der Waals surface area contributed by atoms with Crippen molar-refractivity contribution in [1.29, 1.82) is 0 Å². The summed E-state index contributed by atoms with van der Waals surface area (Å²) in [6.45, 7) is 0. The van der Waals surface area contributed by atoms with Crippen LogP contribution in [0.3, 0.4) is 0 Å². The van der Waals surface area contributed by atoms with Crippen LogP contribution in [-0.2, 0) is 4.79 Å². The van der Waals surface area contributed by atoms with E-state index in [0.29, 0.717) is 22.3 Å². The second-order valence-electron chi connectivity index (χ2n) is 8.39. The highest BCUT2D eigenvalue weighted by molar-refractivity contribution is 6.14. The molecule has 0 saturated carbocycles. The van der Waals surface area contributed by atoms with E-state index < -0.39 is 11.7 Å². The first-order valence-electron chi connectivity index (χ1n) is 11.6. The topological polar surface area (TPSA) is 71.3 Å². The molecule has 1 heterocycles. The Balaban J connectivity index is 1.44. The van der Waals surface area contributed by atoms with Gasteiger partial charge in [0.25, 0.3) is 5.91 Å². The lowest BCUT2D eigenvalue weighted by molar-refractivity contribution is -0.116. The fraction of sp³-hybridized carbons (Fsp3) is 0.0667. The number of carbonyl (C=O) groups excluding carboxylic acids is 2. The molecule has 0 aliphatic rings. The van der Waals surface area contributed by atoms with Crippen molar-refractivity contribution in [3.05, 3.63) is 132 Å². The summed E-state index contributed by atoms with van der Waals surface area (Å²) in [6, 6.07) is 32.2. The molecule has 0 radical (unpaired) electrons. The molecule has 2 amide bonds. The molecule has 0 aliphatic carbocycles. The van der Waals surface area contributed by atoms with Crippen LogP contribution in [0, 0.1) is 5.82 Å². The molecular weight excluding hydrogens is 455 g/mol. The van der Waals surface area contributed by atoms with Crippen LogP contribution >= 0.6 is 0 Å². The number of nitrogens with one attached hydrogen (secondary N) is 2. The zero-order valence-electron chi connectivity index (χ0n) is 19.3. The zero-order valence-corrected chi connectivity index (χ0v) is 19.3. The van der Waals surface area contributed by atoms with E-state index in [2.05, 4.69) is 10.6 Å². The van der Waals surface area contributed by atoms with Crippen molar-refractivity contribution in [2.45, 2.75) is 12.3 Å². The van der Waals surface area contributed by atoms with Crippen LogP contribution in [0.4, 0.5) is 15.8 Å². The van der Waals surface area contributed by atoms with Gasteiger partial charge in [0.1, 0.15) is 17.1 Å². The molecule has 4 aromatic carbocycles. The summed E-state index contributed by atoms with van der Waals surface area (Å²) in [5.41, 5.74) is 3.22. The molecule has 0 atom stereocenters. The number of halogens is 1. The van der Waals surface area contributed by atoms with Crippen molar-refractivity contribution < 1.29 is 18.4 Å². The van der Waals surface area contributed by atoms with E-state index in [0.717, 1.165) is 11.1 Å². The van der Waals surface area contributed by atoms with E-state index in [9.17, 15) is 14.0 Å². The van der Waals surface area contributed by atoms with Crippen LogP contribution in [-0.4, -0.2) is 11.8 Å². The minimum atomic E-state index is -0.546. The van der Waals surface area contributed by atoms with Gasteiger partial charge in [0.2, 0.25) is 11.7 Å². The second-order valence-corrected chi connectivity index (χ2v) is 8.39. The Morgan fingerprint density at radius 1 is 0.722 bits per heavy atom. The highest BCUT2D eigenvalue weighted by Gasteiger charge is 2.24. The van der Waals surface area contributed by atoms with Crippen LogP contribution in [0.1, 0.15) is 34.0 Å². The van der Waals surface area contributed by atoms with Gasteiger partial charge in [-0.25, -0.2) is 4.39 Å². The first kappa shape index (κ1) is 23.1. The maximum absolute atomic E-state index is 13.4. The molecule has 0 saturated heterocycles. The average molecular weight is 479 g/mol. The maximum Gasteiger partial charge on any atom is 0.293 e. The fourth-order valence-electron chi connectivity index (χ4n) is 4.23. The first-order chi connectivity index (χ1) is 17.6. The standard InChI is InChI=1S/C30H23FN2O3/c31-22-15-17-23(18-16-22)32-30(35)29-28(24-13-7-8-14-26(24)36-29)33-27(34)19-25(20-9-3-1-4-10-20)21-11-5-2-6-12-21/h1-18,25H,19H2,(H,32,35)(H,33,34). The normalized spacial score (nSPS) is 10.9. The molecule has 36 heavy (non-hydrogen) atoms. The lowest BCUT2D eigenvalue weighted by Gasteiger charge is -2.18. The fourth-order valence-corrected chi connectivity index (χ4v) is 4.23. The van der Waals surface area contributed by atoms with E-state index in [1.54, 1.807) is 18.2 Å². The quantitative estimate of drug-likeness (QED) is 0.265. The number of para-hydroxylation sites is 1. The number of anilines is 2. The molecule has 5 aromatic rings. The molecule has 0 bridgehead atoms. The van der Waals surface area contributed by atoms with Crippen molar-refractivity contribution in [2.24, 2.45) is 0 Å². The SMILES string of the molecule is O=C(CC(c1ccccc1)c1ccccc1)Nc1c(C(=O)Nc2ccc(F)cc2)oc2ccccc12. The van der Waals surface area contributed by atoms with E-state index in [1.807, 2.05) is 66.7 Å². The van der Waals surface area contributed by atoms with Gasteiger partial charge in [-0.05, 0) is 47.5 Å². The summed E-state index contributed by atoms with van der Waals surface area (Å²) in [5, 5.41) is 6.24. The van der Waals surface area contributed by atoms with Crippen molar-refractivity contribution in [1.82, 2.24) is 0 Å².